The van der Waals surface area contributed by atoms with Gasteiger partial charge in [0.15, 0.2) is 0 Å². The van der Waals surface area contributed by atoms with Crippen LogP contribution in [-0.4, -0.2) is 68.7 Å². The highest BCUT2D eigenvalue weighted by atomic mass is 32.2. The lowest BCUT2D eigenvalue weighted by atomic mass is 9.81. The van der Waals surface area contributed by atoms with Crippen molar-refractivity contribution in [1.29, 1.82) is 0 Å². The summed E-state index contributed by atoms with van der Waals surface area (Å²) in [6, 6.07) is 0.998. The number of ether oxygens (including phenoxy) is 1. The second-order valence-electron chi connectivity index (χ2n) is 8.75. The molecule has 0 saturated carbocycles. The molecule has 1 N–H and O–H groups in total. The van der Waals surface area contributed by atoms with E-state index in [0.29, 0.717) is 12.7 Å². The quantitative estimate of drug-likeness (QED) is 0.602. The minimum atomic E-state index is -4.16. The van der Waals surface area contributed by atoms with Crippen molar-refractivity contribution in [3.63, 3.8) is 0 Å². The molecule has 0 bridgehead atoms. The summed E-state index contributed by atoms with van der Waals surface area (Å²) < 4.78 is 105. The number of rotatable bonds is 6. The Bertz CT molecular complexity index is 1130. The van der Waals surface area contributed by atoms with Crippen LogP contribution in [0.25, 0.3) is 0 Å². The minimum absolute atomic E-state index is 0.00906. The normalized spacial score (nSPS) is 30.1. The number of carbonyl (C=O) groups is 1. The topological polar surface area (TPSA) is 75.7 Å². The smallest absolute Gasteiger partial charge is 0.283 e. The number of carbonyl (C=O) groups excluding carboxylic acids is 1. The molecule has 1 aromatic rings. The monoisotopic (exact) mass is 506 g/mol. The fourth-order valence-corrected chi connectivity index (χ4v) is 5.34. The Kier molecular flexibility index (Phi) is 6.36. The Morgan fingerprint density at radius 2 is 1.97 bits per heavy atom. The Labute approximate surface area is 193 Å². The van der Waals surface area contributed by atoms with E-state index in [1.165, 1.54) is 24.3 Å². The summed E-state index contributed by atoms with van der Waals surface area (Å²) in [7, 11) is -4.16. The molecule has 1 aromatic carbocycles. The molecule has 2 saturated heterocycles. The van der Waals surface area contributed by atoms with Crippen molar-refractivity contribution < 1.29 is 39.9 Å². The van der Waals surface area contributed by atoms with E-state index in [1.807, 2.05) is 4.72 Å². The minimum Gasteiger partial charge on any atom is -0.368 e. The Hall–Kier alpha value is -2.31. The van der Waals surface area contributed by atoms with Crippen LogP contribution in [0.4, 0.5) is 22.0 Å². The largest absolute Gasteiger partial charge is 0.368 e. The van der Waals surface area contributed by atoms with Gasteiger partial charge in [-0.25, -0.2) is 35.1 Å². The molecule has 2 aliphatic heterocycles. The average Bonchev–Trinajstić information content (AvgIpc) is 2.91. The maximum absolute atomic E-state index is 15.5. The van der Waals surface area contributed by atoms with E-state index in [0.717, 1.165) is 23.1 Å². The Morgan fingerprint density at radius 3 is 2.56 bits per heavy atom. The molecule has 186 valence electrons. The lowest BCUT2D eigenvalue weighted by molar-refractivity contribution is -0.158. The number of allylic oxidation sites excluding steroid dienone is 3. The number of benzene rings is 1. The molecule has 1 amide bonds. The third-order valence-corrected chi connectivity index (χ3v) is 6.96. The summed E-state index contributed by atoms with van der Waals surface area (Å²) in [5.41, 5.74) is -0.579. The van der Waals surface area contributed by atoms with Crippen molar-refractivity contribution in [2.24, 2.45) is 0 Å². The van der Waals surface area contributed by atoms with Gasteiger partial charge >= 0.3 is 0 Å². The number of alkyl halides is 4. The van der Waals surface area contributed by atoms with Crippen molar-refractivity contribution in [1.82, 2.24) is 9.62 Å². The molecular formula is C22H23F5N2O4S. The van der Waals surface area contributed by atoms with Crippen molar-refractivity contribution in [3.05, 3.63) is 59.4 Å². The average molecular weight is 506 g/mol. The van der Waals surface area contributed by atoms with Gasteiger partial charge in [-0.05, 0) is 24.1 Å². The van der Waals surface area contributed by atoms with Gasteiger partial charge in [0, 0.05) is 12.0 Å². The van der Waals surface area contributed by atoms with Crippen molar-refractivity contribution >= 4 is 15.9 Å². The van der Waals surface area contributed by atoms with E-state index in [2.05, 4.69) is 0 Å². The SMILES string of the molecule is CS(=O)(=O)N[C@@H]1[C@H](CC2=CC=CC(c3cccc(F)c3)C2(F)F)N(C(=O)[C@H]2CCO2)CC1(F)F. The fourth-order valence-electron chi connectivity index (χ4n) is 4.55. The van der Waals surface area contributed by atoms with Crippen LogP contribution >= 0.6 is 0 Å². The maximum atomic E-state index is 15.5. The fraction of sp³-hybridized carbons (Fsp3) is 0.500. The predicted octanol–water partition coefficient (Wildman–Crippen LogP) is 2.98. The molecule has 6 nitrogen and oxygen atoms in total. The van der Waals surface area contributed by atoms with Gasteiger partial charge in [-0.3, -0.25) is 4.79 Å². The summed E-state index contributed by atoms with van der Waals surface area (Å²) in [6.07, 6.45) is 2.83. The molecule has 1 aliphatic carbocycles. The molecule has 12 heteroatoms. The lowest BCUT2D eigenvalue weighted by Gasteiger charge is -2.36. The van der Waals surface area contributed by atoms with Crippen LogP contribution in [0, 0.1) is 5.82 Å². The first-order valence-electron chi connectivity index (χ1n) is 10.6. The van der Waals surface area contributed by atoms with Crippen LogP contribution in [0.1, 0.15) is 24.3 Å². The highest BCUT2D eigenvalue weighted by molar-refractivity contribution is 7.88. The van der Waals surface area contributed by atoms with E-state index < -0.39 is 76.2 Å². The lowest BCUT2D eigenvalue weighted by Crippen LogP contribution is -2.53. The van der Waals surface area contributed by atoms with Gasteiger partial charge in [0.2, 0.25) is 10.0 Å². The molecule has 2 fully saturated rings. The number of hydrogen-bond donors (Lipinski definition) is 1. The van der Waals surface area contributed by atoms with Gasteiger partial charge in [0.1, 0.15) is 18.0 Å². The number of nitrogens with one attached hydrogen (secondary N) is 1. The third-order valence-electron chi connectivity index (χ3n) is 6.28. The first kappa shape index (κ1) is 24.8. The third kappa shape index (κ3) is 4.76. The molecule has 0 spiro atoms. The van der Waals surface area contributed by atoms with Crippen molar-refractivity contribution in [3.8, 4) is 0 Å². The van der Waals surface area contributed by atoms with E-state index in [-0.39, 0.29) is 12.2 Å². The zero-order chi connectivity index (χ0) is 24.9. The van der Waals surface area contributed by atoms with Crippen LogP contribution in [0.5, 0.6) is 0 Å². The molecule has 0 radical (unpaired) electrons. The summed E-state index contributed by atoms with van der Waals surface area (Å²) in [5.74, 6) is -10.4. The highest BCUT2D eigenvalue weighted by Gasteiger charge is 2.59. The van der Waals surface area contributed by atoms with Gasteiger partial charge < -0.3 is 9.64 Å². The van der Waals surface area contributed by atoms with Crippen molar-refractivity contribution in [2.45, 2.75) is 48.8 Å². The zero-order valence-electron chi connectivity index (χ0n) is 18.1. The molecule has 4 rings (SSSR count). The van der Waals surface area contributed by atoms with E-state index in [9.17, 15) is 26.4 Å². The molecule has 3 aliphatic rings. The number of halogens is 5. The number of nitrogens with zero attached hydrogens (tertiary/aromatic N) is 1. The summed E-state index contributed by atoms with van der Waals surface area (Å²) in [4.78, 5) is 13.5. The molecule has 4 atom stereocenters. The Morgan fingerprint density at radius 1 is 1.26 bits per heavy atom. The van der Waals surface area contributed by atoms with Gasteiger partial charge in [0.25, 0.3) is 17.8 Å². The van der Waals surface area contributed by atoms with E-state index >= 15 is 8.78 Å². The standard InChI is InChI=1S/C22H23F5N2O4S/c1-34(31,32)28-19-17(29(12-21(19,24)25)20(30)18-8-9-33-18)11-14-5-3-7-16(22(14,26)27)13-4-2-6-15(23)10-13/h2-7,10,16-19,28H,8-9,11-12H2,1H3/t16?,17-,18+,19+/m0/s1. The number of sulfonamides is 1. The van der Waals surface area contributed by atoms with Crippen molar-refractivity contribution in [2.75, 3.05) is 19.4 Å². The number of likely N-dealkylation sites (tertiary alicyclic amines) is 1. The van der Waals surface area contributed by atoms with E-state index in [4.69, 9.17) is 4.74 Å². The van der Waals surface area contributed by atoms with Gasteiger partial charge in [0.05, 0.1) is 31.4 Å². The Balaban J connectivity index is 1.68. The molecule has 0 aromatic heterocycles. The number of amides is 1. The van der Waals surface area contributed by atoms with Crippen LogP contribution < -0.4 is 4.72 Å². The van der Waals surface area contributed by atoms with Gasteiger partial charge in [-0.2, -0.15) is 0 Å². The molecular weight excluding hydrogens is 483 g/mol. The predicted molar refractivity (Wildman–Crippen MR) is 113 cm³/mol. The number of hydrogen-bond acceptors (Lipinski definition) is 4. The van der Waals surface area contributed by atoms with Crippen LogP contribution in [0.3, 0.4) is 0 Å². The van der Waals surface area contributed by atoms with Crippen LogP contribution in [0.2, 0.25) is 0 Å². The van der Waals surface area contributed by atoms with Gasteiger partial charge in [-0.1, -0.05) is 30.4 Å². The highest BCUT2D eigenvalue weighted by Crippen LogP contribution is 2.47. The van der Waals surface area contributed by atoms with Gasteiger partial charge in [-0.15, -0.1) is 0 Å². The van der Waals surface area contributed by atoms with E-state index in [1.54, 1.807) is 0 Å². The second kappa shape index (κ2) is 8.72. The maximum Gasteiger partial charge on any atom is 0.283 e. The first-order valence-corrected chi connectivity index (χ1v) is 12.5. The summed E-state index contributed by atoms with van der Waals surface area (Å²) in [5, 5.41) is 0. The summed E-state index contributed by atoms with van der Waals surface area (Å²) >= 11 is 0. The van der Waals surface area contributed by atoms with Crippen LogP contribution in [-0.2, 0) is 19.6 Å². The zero-order valence-corrected chi connectivity index (χ0v) is 18.9. The summed E-state index contributed by atoms with van der Waals surface area (Å²) in [6.45, 7) is -0.870. The second-order valence-corrected chi connectivity index (χ2v) is 10.5. The first-order chi connectivity index (χ1) is 15.8. The molecule has 34 heavy (non-hydrogen) atoms. The molecule has 2 heterocycles. The van der Waals surface area contributed by atoms with Crippen LogP contribution in [0.15, 0.2) is 48.1 Å². The molecule has 1 unspecified atom stereocenters.